The zero-order valence-electron chi connectivity index (χ0n) is 12.3. The number of ether oxygens (including phenoxy) is 2. The van der Waals surface area contributed by atoms with Crippen LogP contribution in [0, 0.1) is 11.8 Å². The van der Waals surface area contributed by atoms with Crippen LogP contribution >= 0.6 is 0 Å². The number of hydrogen-bond acceptors (Lipinski definition) is 5. The molecule has 0 aromatic carbocycles. The van der Waals surface area contributed by atoms with Gasteiger partial charge in [-0.2, -0.15) is 0 Å². The fraction of sp³-hybridized carbons (Fsp3) is 0.667. The van der Waals surface area contributed by atoms with Gasteiger partial charge in [-0.05, 0) is 12.8 Å². The highest BCUT2D eigenvalue weighted by atomic mass is 16.5. The van der Waals surface area contributed by atoms with Crippen LogP contribution in [-0.4, -0.2) is 70.0 Å². The number of rotatable bonds is 4. The number of aliphatic carboxylic acids is 2. The molecule has 3 fully saturated rings. The summed E-state index contributed by atoms with van der Waals surface area (Å²) >= 11 is 0. The van der Waals surface area contributed by atoms with Crippen LogP contribution in [0.15, 0.2) is 12.2 Å². The Morgan fingerprint density at radius 1 is 1.35 bits per heavy atom. The van der Waals surface area contributed by atoms with Gasteiger partial charge in [-0.15, -0.1) is 0 Å². The van der Waals surface area contributed by atoms with Crippen LogP contribution in [0.2, 0.25) is 0 Å². The average molecular weight is 323 g/mol. The molecule has 0 aromatic rings. The summed E-state index contributed by atoms with van der Waals surface area (Å²) in [6.07, 6.45) is 3.81. The van der Waals surface area contributed by atoms with Crippen LogP contribution in [0.4, 0.5) is 0 Å². The van der Waals surface area contributed by atoms with Gasteiger partial charge in [0, 0.05) is 13.2 Å². The predicted molar refractivity (Wildman–Crippen MR) is 73.5 cm³/mol. The Morgan fingerprint density at radius 2 is 2.13 bits per heavy atom. The lowest BCUT2D eigenvalue weighted by Gasteiger charge is -2.30. The molecule has 6 atom stereocenters. The van der Waals surface area contributed by atoms with Gasteiger partial charge in [0.05, 0.1) is 18.1 Å². The molecule has 2 bridgehead atoms. The molecular formula is C15H17NO7. The highest BCUT2D eigenvalue weighted by Gasteiger charge is 2.73. The first-order valence-electron chi connectivity index (χ1n) is 7.70. The molecule has 124 valence electrons. The highest BCUT2D eigenvalue weighted by molar-refractivity contribution is 5.97. The van der Waals surface area contributed by atoms with Crippen molar-refractivity contribution in [1.82, 2.24) is 4.90 Å². The number of likely N-dealkylation sites (tertiary alicyclic amines) is 1. The maximum atomic E-state index is 12.8. The predicted octanol–water partition coefficient (Wildman–Crippen LogP) is -0.515. The first kappa shape index (κ1) is 14.6. The van der Waals surface area contributed by atoms with E-state index in [1.807, 2.05) is 0 Å². The molecule has 23 heavy (non-hydrogen) atoms. The molecule has 4 heterocycles. The van der Waals surface area contributed by atoms with Crippen LogP contribution in [0.25, 0.3) is 0 Å². The number of nitrogens with zero attached hydrogens (tertiary/aromatic N) is 1. The van der Waals surface area contributed by atoms with Gasteiger partial charge >= 0.3 is 11.9 Å². The summed E-state index contributed by atoms with van der Waals surface area (Å²) in [7, 11) is 0. The maximum Gasteiger partial charge on any atom is 0.329 e. The van der Waals surface area contributed by atoms with E-state index in [0.717, 1.165) is 12.8 Å². The summed E-state index contributed by atoms with van der Waals surface area (Å²) < 4.78 is 11.2. The molecule has 0 radical (unpaired) electrons. The number of carbonyl (C=O) groups is 3. The van der Waals surface area contributed by atoms with E-state index in [1.54, 1.807) is 12.2 Å². The van der Waals surface area contributed by atoms with Crippen molar-refractivity contribution in [3.8, 4) is 0 Å². The highest BCUT2D eigenvalue weighted by Crippen LogP contribution is 2.55. The molecule has 1 spiro atoms. The molecule has 2 N–H and O–H groups in total. The lowest BCUT2D eigenvalue weighted by molar-refractivity contribution is -0.154. The molecule has 1 amide bonds. The third-order valence-corrected chi connectivity index (χ3v) is 5.32. The van der Waals surface area contributed by atoms with Gasteiger partial charge in [0.25, 0.3) is 0 Å². The van der Waals surface area contributed by atoms with Gasteiger partial charge in [0.1, 0.15) is 11.5 Å². The van der Waals surface area contributed by atoms with Crippen molar-refractivity contribution in [2.75, 3.05) is 13.2 Å². The minimum atomic E-state index is -1.38. The van der Waals surface area contributed by atoms with Crippen LogP contribution < -0.4 is 0 Å². The molecule has 3 saturated heterocycles. The minimum absolute atomic E-state index is 0.155. The monoisotopic (exact) mass is 323 g/mol. The second-order valence-corrected chi connectivity index (χ2v) is 6.50. The van der Waals surface area contributed by atoms with E-state index in [9.17, 15) is 24.6 Å². The molecule has 4 rings (SSSR count). The summed E-state index contributed by atoms with van der Waals surface area (Å²) in [6.45, 7) is 0.748. The van der Waals surface area contributed by atoms with E-state index < -0.39 is 47.4 Å². The fourth-order valence-corrected chi connectivity index (χ4v) is 4.43. The van der Waals surface area contributed by atoms with Crippen LogP contribution in [0.3, 0.4) is 0 Å². The Hall–Kier alpha value is -1.93. The largest absolute Gasteiger partial charge is 0.481 e. The molecule has 0 aliphatic carbocycles. The number of carbonyl (C=O) groups excluding carboxylic acids is 1. The van der Waals surface area contributed by atoms with E-state index in [4.69, 9.17) is 9.47 Å². The van der Waals surface area contributed by atoms with Crippen molar-refractivity contribution >= 4 is 17.8 Å². The third-order valence-electron chi connectivity index (χ3n) is 5.32. The van der Waals surface area contributed by atoms with Crippen molar-refractivity contribution in [3.63, 3.8) is 0 Å². The van der Waals surface area contributed by atoms with Crippen molar-refractivity contribution in [2.24, 2.45) is 11.8 Å². The number of fused-ring (bicyclic) bond motifs is 1. The first-order chi connectivity index (χ1) is 11.0. The van der Waals surface area contributed by atoms with Gasteiger partial charge in [-0.25, -0.2) is 4.79 Å². The maximum absolute atomic E-state index is 12.8. The summed E-state index contributed by atoms with van der Waals surface area (Å²) in [5.74, 6) is -4.81. The molecule has 0 aromatic heterocycles. The Kier molecular flexibility index (Phi) is 3.05. The van der Waals surface area contributed by atoms with Gasteiger partial charge in [0.15, 0.2) is 6.04 Å². The average Bonchev–Trinajstić information content (AvgIpc) is 3.21. The van der Waals surface area contributed by atoms with E-state index in [1.165, 1.54) is 4.90 Å². The molecule has 8 nitrogen and oxygen atoms in total. The van der Waals surface area contributed by atoms with E-state index in [-0.39, 0.29) is 12.6 Å². The summed E-state index contributed by atoms with van der Waals surface area (Å²) in [6, 6.07) is -1.21. The Balaban J connectivity index is 1.72. The van der Waals surface area contributed by atoms with E-state index >= 15 is 0 Å². The number of amides is 1. The molecule has 6 unspecified atom stereocenters. The third kappa shape index (κ3) is 1.82. The topological polar surface area (TPSA) is 113 Å². The van der Waals surface area contributed by atoms with Crippen molar-refractivity contribution in [2.45, 2.75) is 36.7 Å². The summed E-state index contributed by atoms with van der Waals surface area (Å²) in [5.41, 5.74) is -1.38. The molecule has 8 heteroatoms. The number of hydrogen-bond donors (Lipinski definition) is 2. The Morgan fingerprint density at radius 3 is 2.74 bits per heavy atom. The normalized spacial score (nSPS) is 44.1. The van der Waals surface area contributed by atoms with Gasteiger partial charge < -0.3 is 24.6 Å². The summed E-state index contributed by atoms with van der Waals surface area (Å²) in [5, 5.41) is 19.1. The van der Waals surface area contributed by atoms with Crippen molar-refractivity contribution < 1.29 is 34.1 Å². The molecule has 4 aliphatic heterocycles. The zero-order valence-corrected chi connectivity index (χ0v) is 12.3. The Labute approximate surface area is 131 Å². The second-order valence-electron chi connectivity index (χ2n) is 6.50. The first-order valence-corrected chi connectivity index (χ1v) is 7.70. The van der Waals surface area contributed by atoms with Crippen molar-refractivity contribution in [3.05, 3.63) is 12.2 Å². The number of carboxylic acid groups (broad SMARTS) is 2. The van der Waals surface area contributed by atoms with E-state index in [0.29, 0.717) is 6.61 Å². The quantitative estimate of drug-likeness (QED) is 0.670. The lowest BCUT2D eigenvalue weighted by atomic mass is 9.75. The van der Waals surface area contributed by atoms with Crippen LogP contribution in [-0.2, 0) is 23.9 Å². The summed E-state index contributed by atoms with van der Waals surface area (Å²) in [4.78, 5) is 37.4. The van der Waals surface area contributed by atoms with E-state index in [2.05, 4.69) is 0 Å². The Bertz CT molecular complexity index is 611. The minimum Gasteiger partial charge on any atom is -0.481 e. The second kappa shape index (κ2) is 4.78. The van der Waals surface area contributed by atoms with Crippen LogP contribution in [0.5, 0.6) is 0 Å². The molecule has 4 aliphatic rings. The zero-order chi connectivity index (χ0) is 16.4. The fourth-order valence-electron chi connectivity index (χ4n) is 4.43. The molecular weight excluding hydrogens is 306 g/mol. The van der Waals surface area contributed by atoms with Gasteiger partial charge in [-0.3, -0.25) is 9.59 Å². The molecule has 0 saturated carbocycles. The van der Waals surface area contributed by atoms with Crippen molar-refractivity contribution in [1.29, 1.82) is 0 Å². The van der Waals surface area contributed by atoms with Gasteiger partial charge in [-0.1, -0.05) is 12.2 Å². The van der Waals surface area contributed by atoms with Crippen LogP contribution in [0.1, 0.15) is 12.8 Å². The standard InChI is InChI=1S/C15H17NO7/c17-12-10-9(13(18)19)8-3-4-15(10,23-8)11(14(20)21)16(12)6-7-2-1-5-22-7/h3-4,7-11H,1-2,5-6H2,(H,18,19)(H,20,21). The van der Waals surface area contributed by atoms with Gasteiger partial charge in [0.2, 0.25) is 5.91 Å². The lowest BCUT2D eigenvalue weighted by Crippen LogP contribution is -2.51. The smallest absolute Gasteiger partial charge is 0.329 e. The SMILES string of the molecule is O=C(O)C1C2C=CC3(O2)C1C(=O)N(CC1CCCO1)C3C(=O)O. The number of carboxylic acids is 2.